The molecule has 1 aromatic carbocycles. The average molecular weight is 254 g/mol. The zero-order chi connectivity index (χ0) is 9.80. The summed E-state index contributed by atoms with van der Waals surface area (Å²) in [6, 6.07) is 8.52. The molecule has 1 aliphatic rings. The molecule has 0 atom stereocenters. The molecule has 0 N–H and O–H groups in total. The zero-order valence-electron chi connectivity index (χ0n) is 8.38. The van der Waals surface area contributed by atoms with Crippen LogP contribution in [0.4, 0.5) is 0 Å². The van der Waals surface area contributed by atoms with Gasteiger partial charge in [-0.3, -0.25) is 0 Å². The maximum atomic E-state index is 3.59. The van der Waals surface area contributed by atoms with Crippen molar-refractivity contribution in [3.05, 3.63) is 34.3 Å². The van der Waals surface area contributed by atoms with Gasteiger partial charge in [-0.25, -0.2) is 0 Å². The minimum Gasteiger partial charge on any atom is -0.303 e. The molecule has 0 radical (unpaired) electrons. The summed E-state index contributed by atoms with van der Waals surface area (Å²) in [6.45, 7) is 3.80. The number of benzene rings is 1. The molecule has 1 fully saturated rings. The van der Waals surface area contributed by atoms with Crippen LogP contribution in [-0.2, 0) is 6.42 Å². The Bertz CT molecular complexity index is 292. The van der Waals surface area contributed by atoms with Crippen LogP contribution in [0.25, 0.3) is 0 Å². The Balaban J connectivity index is 1.88. The quantitative estimate of drug-likeness (QED) is 0.801. The summed E-state index contributed by atoms with van der Waals surface area (Å²) >= 11 is 3.59. The van der Waals surface area contributed by atoms with Gasteiger partial charge in [0.15, 0.2) is 0 Å². The van der Waals surface area contributed by atoms with E-state index in [1.165, 1.54) is 48.9 Å². The van der Waals surface area contributed by atoms with Crippen LogP contribution in [0.3, 0.4) is 0 Å². The van der Waals surface area contributed by atoms with Crippen molar-refractivity contribution >= 4 is 15.9 Å². The standard InChI is InChI=1S/C12H16BrN/c13-12-6-2-1-5-11(12)7-10-14-8-3-4-9-14/h1-2,5-6H,3-4,7-10H2. The lowest BCUT2D eigenvalue weighted by atomic mass is 10.1. The van der Waals surface area contributed by atoms with E-state index in [1.807, 2.05) is 0 Å². The Morgan fingerprint density at radius 2 is 1.86 bits per heavy atom. The van der Waals surface area contributed by atoms with Gasteiger partial charge < -0.3 is 4.90 Å². The first-order valence-electron chi connectivity index (χ1n) is 5.32. The maximum Gasteiger partial charge on any atom is 0.0207 e. The first-order valence-corrected chi connectivity index (χ1v) is 6.11. The number of hydrogen-bond donors (Lipinski definition) is 0. The second kappa shape index (κ2) is 4.94. The van der Waals surface area contributed by atoms with Crippen molar-refractivity contribution in [1.82, 2.24) is 4.90 Å². The Morgan fingerprint density at radius 1 is 1.14 bits per heavy atom. The number of rotatable bonds is 3. The topological polar surface area (TPSA) is 3.24 Å². The molecule has 1 aromatic rings. The minimum atomic E-state index is 1.17. The smallest absolute Gasteiger partial charge is 0.0207 e. The highest BCUT2D eigenvalue weighted by molar-refractivity contribution is 9.10. The lowest BCUT2D eigenvalue weighted by molar-refractivity contribution is 0.343. The Hall–Kier alpha value is -0.340. The summed E-state index contributed by atoms with van der Waals surface area (Å²) < 4.78 is 1.25. The van der Waals surface area contributed by atoms with E-state index in [0.717, 1.165) is 0 Å². The summed E-state index contributed by atoms with van der Waals surface area (Å²) in [4.78, 5) is 2.56. The summed E-state index contributed by atoms with van der Waals surface area (Å²) in [7, 11) is 0. The second-order valence-corrected chi connectivity index (χ2v) is 4.74. The molecule has 1 aliphatic heterocycles. The van der Waals surface area contributed by atoms with Crippen LogP contribution < -0.4 is 0 Å². The van der Waals surface area contributed by atoms with Gasteiger partial charge in [0, 0.05) is 11.0 Å². The monoisotopic (exact) mass is 253 g/mol. The Labute approximate surface area is 94.2 Å². The largest absolute Gasteiger partial charge is 0.303 e. The minimum absolute atomic E-state index is 1.17. The Morgan fingerprint density at radius 3 is 2.57 bits per heavy atom. The van der Waals surface area contributed by atoms with Crippen LogP contribution in [0.1, 0.15) is 18.4 Å². The molecule has 14 heavy (non-hydrogen) atoms. The van der Waals surface area contributed by atoms with Gasteiger partial charge in [-0.05, 0) is 44.0 Å². The van der Waals surface area contributed by atoms with E-state index in [0.29, 0.717) is 0 Å². The zero-order valence-corrected chi connectivity index (χ0v) is 9.96. The van der Waals surface area contributed by atoms with Crippen LogP contribution in [0, 0.1) is 0 Å². The van der Waals surface area contributed by atoms with E-state index < -0.39 is 0 Å². The lowest BCUT2D eigenvalue weighted by Gasteiger charge is -2.14. The summed E-state index contributed by atoms with van der Waals surface area (Å²) in [5.41, 5.74) is 1.43. The van der Waals surface area contributed by atoms with E-state index in [1.54, 1.807) is 0 Å². The van der Waals surface area contributed by atoms with Gasteiger partial charge >= 0.3 is 0 Å². The first-order chi connectivity index (χ1) is 6.86. The van der Waals surface area contributed by atoms with Gasteiger partial charge in [-0.2, -0.15) is 0 Å². The van der Waals surface area contributed by atoms with Crippen molar-refractivity contribution < 1.29 is 0 Å². The van der Waals surface area contributed by atoms with Gasteiger partial charge in [0.05, 0.1) is 0 Å². The summed E-state index contributed by atoms with van der Waals surface area (Å²) in [5.74, 6) is 0. The van der Waals surface area contributed by atoms with Gasteiger partial charge in [0.2, 0.25) is 0 Å². The Kier molecular flexibility index (Phi) is 3.60. The van der Waals surface area contributed by atoms with Crippen molar-refractivity contribution in [3.63, 3.8) is 0 Å². The molecule has 0 spiro atoms. The molecular formula is C12H16BrN. The van der Waals surface area contributed by atoms with Crippen LogP contribution >= 0.6 is 15.9 Å². The third-order valence-corrected chi connectivity index (χ3v) is 3.63. The summed E-state index contributed by atoms with van der Waals surface area (Å²) in [5, 5.41) is 0. The predicted molar refractivity (Wildman–Crippen MR) is 63.5 cm³/mol. The third-order valence-electron chi connectivity index (χ3n) is 2.85. The molecule has 0 aromatic heterocycles. The van der Waals surface area contributed by atoms with Crippen molar-refractivity contribution in [2.75, 3.05) is 19.6 Å². The molecule has 0 bridgehead atoms. The number of likely N-dealkylation sites (tertiary alicyclic amines) is 1. The maximum absolute atomic E-state index is 3.59. The fourth-order valence-corrected chi connectivity index (χ4v) is 2.47. The number of halogens is 1. The molecule has 1 saturated heterocycles. The van der Waals surface area contributed by atoms with Crippen LogP contribution in [0.2, 0.25) is 0 Å². The molecule has 1 heterocycles. The highest BCUT2D eigenvalue weighted by Crippen LogP contribution is 2.17. The molecule has 0 unspecified atom stereocenters. The second-order valence-electron chi connectivity index (χ2n) is 3.89. The van der Waals surface area contributed by atoms with E-state index in [2.05, 4.69) is 45.1 Å². The lowest BCUT2D eigenvalue weighted by Crippen LogP contribution is -2.21. The highest BCUT2D eigenvalue weighted by Gasteiger charge is 2.11. The van der Waals surface area contributed by atoms with Crippen molar-refractivity contribution in [3.8, 4) is 0 Å². The van der Waals surface area contributed by atoms with Crippen molar-refractivity contribution in [2.24, 2.45) is 0 Å². The third kappa shape index (κ3) is 2.58. The number of nitrogens with zero attached hydrogens (tertiary/aromatic N) is 1. The van der Waals surface area contributed by atoms with Crippen LogP contribution in [-0.4, -0.2) is 24.5 Å². The highest BCUT2D eigenvalue weighted by atomic mass is 79.9. The van der Waals surface area contributed by atoms with Crippen LogP contribution in [0.15, 0.2) is 28.7 Å². The van der Waals surface area contributed by atoms with Crippen molar-refractivity contribution in [1.29, 1.82) is 0 Å². The molecular weight excluding hydrogens is 238 g/mol. The van der Waals surface area contributed by atoms with Crippen molar-refractivity contribution in [2.45, 2.75) is 19.3 Å². The van der Waals surface area contributed by atoms with Gasteiger partial charge in [-0.1, -0.05) is 34.1 Å². The summed E-state index contributed by atoms with van der Waals surface area (Å²) in [6.07, 6.45) is 3.94. The van der Waals surface area contributed by atoms with Gasteiger partial charge in [0.1, 0.15) is 0 Å². The molecule has 2 heteroatoms. The van der Waals surface area contributed by atoms with E-state index in [4.69, 9.17) is 0 Å². The van der Waals surface area contributed by atoms with Gasteiger partial charge in [-0.15, -0.1) is 0 Å². The molecule has 2 rings (SSSR count). The fraction of sp³-hybridized carbons (Fsp3) is 0.500. The average Bonchev–Trinajstić information content (AvgIpc) is 2.69. The molecule has 0 saturated carbocycles. The normalized spacial score (nSPS) is 17.5. The first kappa shape index (κ1) is 10.2. The van der Waals surface area contributed by atoms with Gasteiger partial charge in [0.25, 0.3) is 0 Å². The molecule has 1 nitrogen and oxygen atoms in total. The molecule has 76 valence electrons. The van der Waals surface area contributed by atoms with E-state index in [9.17, 15) is 0 Å². The molecule has 0 aliphatic carbocycles. The predicted octanol–water partition coefficient (Wildman–Crippen LogP) is 3.09. The fourth-order valence-electron chi connectivity index (χ4n) is 1.99. The van der Waals surface area contributed by atoms with E-state index >= 15 is 0 Å². The SMILES string of the molecule is Brc1ccccc1CCN1CCCC1. The number of hydrogen-bond acceptors (Lipinski definition) is 1. The van der Waals surface area contributed by atoms with E-state index in [-0.39, 0.29) is 0 Å². The van der Waals surface area contributed by atoms with Crippen LogP contribution in [0.5, 0.6) is 0 Å². The molecule has 0 amide bonds.